The fraction of sp³-hybridized carbons (Fsp3) is 0.500. The van der Waals surface area contributed by atoms with Crippen LogP contribution in [0.15, 0.2) is 29.8 Å². The molecule has 0 radical (unpaired) electrons. The first-order valence-electron chi connectivity index (χ1n) is 7.43. The number of ether oxygens (including phenoxy) is 1. The van der Waals surface area contributed by atoms with Crippen molar-refractivity contribution in [2.75, 3.05) is 11.9 Å². The highest BCUT2D eigenvalue weighted by molar-refractivity contribution is 5.68. The Morgan fingerprint density at radius 1 is 1.43 bits per heavy atom. The summed E-state index contributed by atoms with van der Waals surface area (Å²) >= 11 is 0. The highest BCUT2D eigenvalue weighted by Gasteiger charge is 2.21. The van der Waals surface area contributed by atoms with Crippen molar-refractivity contribution in [3.05, 3.63) is 40.0 Å². The Labute approximate surface area is 125 Å². The molecule has 114 valence electrons. The van der Waals surface area contributed by atoms with Gasteiger partial charge in [-0.15, -0.1) is 0 Å². The summed E-state index contributed by atoms with van der Waals surface area (Å²) < 4.78 is 5.53. The minimum atomic E-state index is -0.380. The van der Waals surface area contributed by atoms with Gasteiger partial charge in [0.05, 0.1) is 11.0 Å². The Morgan fingerprint density at radius 3 is 2.86 bits per heavy atom. The van der Waals surface area contributed by atoms with E-state index in [9.17, 15) is 10.1 Å². The number of allylic oxidation sites excluding steroid dienone is 1. The molecule has 0 fully saturated rings. The zero-order valence-electron chi connectivity index (χ0n) is 12.6. The lowest BCUT2D eigenvalue weighted by molar-refractivity contribution is -0.385. The third-order valence-electron chi connectivity index (χ3n) is 3.44. The normalized spacial score (nSPS) is 14.1. The fourth-order valence-corrected chi connectivity index (χ4v) is 2.52. The molecule has 2 rings (SSSR count). The van der Waals surface area contributed by atoms with Crippen LogP contribution in [-0.4, -0.2) is 17.6 Å². The van der Waals surface area contributed by atoms with Crippen molar-refractivity contribution in [1.29, 1.82) is 0 Å². The first-order valence-corrected chi connectivity index (χ1v) is 7.43. The maximum Gasteiger partial charge on any atom is 0.333 e. The highest BCUT2D eigenvalue weighted by atomic mass is 16.6. The van der Waals surface area contributed by atoms with Crippen LogP contribution in [0.1, 0.15) is 39.5 Å². The Balaban J connectivity index is 2.08. The van der Waals surface area contributed by atoms with Gasteiger partial charge in [0.25, 0.3) is 0 Å². The molecule has 0 amide bonds. The number of nitro groups is 1. The number of hydrogen-bond acceptors (Lipinski definition) is 4. The molecule has 0 saturated carbocycles. The summed E-state index contributed by atoms with van der Waals surface area (Å²) in [6.07, 6.45) is 6.66. The van der Waals surface area contributed by atoms with Crippen LogP contribution in [0.5, 0.6) is 5.75 Å². The first kappa shape index (κ1) is 15.4. The maximum atomic E-state index is 11.3. The lowest BCUT2D eigenvalue weighted by Crippen LogP contribution is -2.10. The molecule has 0 heterocycles. The maximum absolute atomic E-state index is 11.3. The number of para-hydroxylation sites is 1. The van der Waals surface area contributed by atoms with E-state index in [-0.39, 0.29) is 16.7 Å². The van der Waals surface area contributed by atoms with Crippen LogP contribution < -0.4 is 10.1 Å². The summed E-state index contributed by atoms with van der Waals surface area (Å²) in [6, 6.07) is 5.15. The van der Waals surface area contributed by atoms with Crippen LogP contribution in [0.25, 0.3) is 0 Å². The van der Waals surface area contributed by atoms with Crippen LogP contribution in [0.2, 0.25) is 0 Å². The number of anilines is 1. The van der Waals surface area contributed by atoms with Gasteiger partial charge in [-0.1, -0.05) is 17.7 Å². The predicted octanol–water partition coefficient (Wildman–Crippen LogP) is 4.29. The predicted molar refractivity (Wildman–Crippen MR) is 83.9 cm³/mol. The summed E-state index contributed by atoms with van der Waals surface area (Å²) in [5.74, 6) is 0.320. The van der Waals surface area contributed by atoms with E-state index < -0.39 is 0 Å². The van der Waals surface area contributed by atoms with E-state index in [4.69, 9.17) is 4.74 Å². The number of rotatable bonds is 7. The van der Waals surface area contributed by atoms with Gasteiger partial charge in [-0.25, -0.2) is 0 Å². The molecular formula is C16H22N2O3. The molecule has 1 aliphatic carbocycles. The molecule has 0 unspecified atom stereocenters. The van der Waals surface area contributed by atoms with Gasteiger partial charge in [-0.3, -0.25) is 10.1 Å². The minimum absolute atomic E-state index is 0.0200. The third-order valence-corrected chi connectivity index (χ3v) is 3.44. The van der Waals surface area contributed by atoms with E-state index in [1.165, 1.54) is 12.0 Å². The molecule has 1 aromatic rings. The van der Waals surface area contributed by atoms with Crippen LogP contribution >= 0.6 is 0 Å². The smallest absolute Gasteiger partial charge is 0.333 e. The van der Waals surface area contributed by atoms with E-state index in [1.54, 1.807) is 18.2 Å². The molecule has 0 spiro atoms. The van der Waals surface area contributed by atoms with E-state index >= 15 is 0 Å². The Kier molecular flexibility index (Phi) is 5.20. The van der Waals surface area contributed by atoms with Gasteiger partial charge in [-0.2, -0.15) is 0 Å². The second-order valence-corrected chi connectivity index (χ2v) is 5.51. The van der Waals surface area contributed by atoms with Crippen molar-refractivity contribution in [3.8, 4) is 5.75 Å². The van der Waals surface area contributed by atoms with Crippen LogP contribution in [0, 0.1) is 10.1 Å². The average Bonchev–Trinajstić information content (AvgIpc) is 2.91. The van der Waals surface area contributed by atoms with Crippen molar-refractivity contribution >= 4 is 11.4 Å². The number of benzene rings is 1. The largest absolute Gasteiger partial charge is 0.484 e. The second kappa shape index (κ2) is 7.11. The van der Waals surface area contributed by atoms with Crippen molar-refractivity contribution in [3.63, 3.8) is 0 Å². The number of nitrogens with one attached hydrogen (secondary N) is 1. The molecule has 1 N–H and O–H groups in total. The van der Waals surface area contributed by atoms with E-state index in [2.05, 4.69) is 11.4 Å². The molecule has 21 heavy (non-hydrogen) atoms. The van der Waals surface area contributed by atoms with Crippen molar-refractivity contribution in [2.45, 2.75) is 45.6 Å². The van der Waals surface area contributed by atoms with Gasteiger partial charge in [0.1, 0.15) is 5.69 Å². The van der Waals surface area contributed by atoms with Gasteiger partial charge in [0.2, 0.25) is 0 Å². The second-order valence-electron chi connectivity index (χ2n) is 5.51. The summed E-state index contributed by atoms with van der Waals surface area (Å²) in [5, 5.41) is 14.5. The van der Waals surface area contributed by atoms with Gasteiger partial charge >= 0.3 is 5.69 Å². The number of nitrogens with zero attached hydrogens (tertiary/aromatic N) is 1. The molecule has 1 aromatic carbocycles. The third kappa shape index (κ3) is 4.21. The van der Waals surface area contributed by atoms with Gasteiger partial charge in [0.15, 0.2) is 5.75 Å². The van der Waals surface area contributed by atoms with Gasteiger partial charge in [0, 0.05) is 6.54 Å². The monoisotopic (exact) mass is 290 g/mol. The summed E-state index contributed by atoms with van der Waals surface area (Å²) in [5.41, 5.74) is 1.99. The van der Waals surface area contributed by atoms with Crippen molar-refractivity contribution in [1.82, 2.24) is 0 Å². The van der Waals surface area contributed by atoms with Crippen LogP contribution in [0.4, 0.5) is 11.4 Å². The van der Waals surface area contributed by atoms with Gasteiger partial charge < -0.3 is 10.1 Å². The lowest BCUT2D eigenvalue weighted by atomic mass is 10.1. The SMILES string of the molecule is CC(C)Oc1cccc(NCCC2=CCCC2)c1[N+](=O)[O-]. The molecule has 5 nitrogen and oxygen atoms in total. The number of nitro benzene ring substituents is 1. The highest BCUT2D eigenvalue weighted by Crippen LogP contribution is 2.35. The summed E-state index contributed by atoms with van der Waals surface area (Å²) in [4.78, 5) is 10.9. The van der Waals surface area contributed by atoms with Gasteiger partial charge in [-0.05, 0) is 51.7 Å². The topological polar surface area (TPSA) is 64.4 Å². The molecule has 0 aromatic heterocycles. The molecular weight excluding hydrogens is 268 g/mol. The summed E-state index contributed by atoms with van der Waals surface area (Å²) in [6.45, 7) is 4.42. The Morgan fingerprint density at radius 2 is 2.24 bits per heavy atom. The zero-order valence-corrected chi connectivity index (χ0v) is 12.6. The Hall–Kier alpha value is -2.04. The molecule has 0 atom stereocenters. The van der Waals surface area contributed by atoms with E-state index in [0.29, 0.717) is 18.0 Å². The molecule has 0 bridgehead atoms. The lowest BCUT2D eigenvalue weighted by Gasteiger charge is -2.13. The van der Waals surface area contributed by atoms with Crippen molar-refractivity contribution in [2.24, 2.45) is 0 Å². The minimum Gasteiger partial charge on any atom is -0.484 e. The summed E-state index contributed by atoms with van der Waals surface area (Å²) in [7, 11) is 0. The molecule has 5 heteroatoms. The Bertz CT molecular complexity index is 538. The first-order chi connectivity index (χ1) is 10.1. The van der Waals surface area contributed by atoms with E-state index in [0.717, 1.165) is 19.3 Å². The molecule has 0 aliphatic heterocycles. The van der Waals surface area contributed by atoms with Crippen molar-refractivity contribution < 1.29 is 9.66 Å². The molecule has 1 aliphatic rings. The average molecular weight is 290 g/mol. The standard InChI is InChI=1S/C16H22N2O3/c1-12(2)21-15-9-5-8-14(16(15)18(19)20)17-11-10-13-6-3-4-7-13/h5-6,8-9,12,17H,3-4,7,10-11H2,1-2H3. The zero-order chi connectivity index (χ0) is 15.2. The molecule has 0 saturated heterocycles. The fourth-order valence-electron chi connectivity index (χ4n) is 2.52. The number of hydrogen-bond donors (Lipinski definition) is 1. The quantitative estimate of drug-likeness (QED) is 0.462. The van der Waals surface area contributed by atoms with Crippen LogP contribution in [-0.2, 0) is 0 Å². The van der Waals surface area contributed by atoms with E-state index in [1.807, 2.05) is 13.8 Å². The van der Waals surface area contributed by atoms with Crippen LogP contribution in [0.3, 0.4) is 0 Å².